The summed E-state index contributed by atoms with van der Waals surface area (Å²) < 4.78 is 16.1. The second-order valence-corrected chi connectivity index (χ2v) is 16.5. The summed E-state index contributed by atoms with van der Waals surface area (Å²) in [6, 6.07) is 7.88. The van der Waals surface area contributed by atoms with E-state index >= 15 is 0 Å². The van der Waals surface area contributed by atoms with Crippen molar-refractivity contribution in [3.63, 3.8) is 0 Å². The van der Waals surface area contributed by atoms with Crippen molar-refractivity contribution in [3.05, 3.63) is 130 Å². The predicted octanol–water partition coefficient (Wildman–Crippen LogP) is 5.19. The van der Waals surface area contributed by atoms with Crippen molar-refractivity contribution in [2.24, 2.45) is 19.8 Å². The molecule has 0 aliphatic carbocycles. The molecule has 364 valence electrons. The Hall–Kier alpha value is -7.42. The van der Waals surface area contributed by atoms with Crippen molar-refractivity contribution in [2.75, 3.05) is 27.4 Å². The number of H-pyrrole nitrogens is 2. The first-order valence-corrected chi connectivity index (χ1v) is 22.9. The Morgan fingerprint density at radius 3 is 1.59 bits per heavy atom. The second-order valence-electron chi connectivity index (χ2n) is 16.5. The number of carboxylic acid groups (broad SMARTS) is 1. The minimum atomic E-state index is -1.07. The molecule has 8 aromatic rings. The molecular formula is C49H61N13O7. The molecule has 0 unspecified atom stereocenters. The number of methoxy groups -OCH3 is 2. The van der Waals surface area contributed by atoms with Crippen LogP contribution in [0.1, 0.15) is 67.7 Å². The molecule has 0 aliphatic heterocycles. The Balaban J connectivity index is 0.000000192. The van der Waals surface area contributed by atoms with E-state index in [2.05, 4.69) is 40.1 Å². The van der Waals surface area contributed by atoms with Gasteiger partial charge in [-0.3, -0.25) is 57.6 Å². The van der Waals surface area contributed by atoms with E-state index in [9.17, 15) is 19.2 Å². The number of ether oxygens (including phenoxy) is 2. The number of pyridine rings is 2. The highest BCUT2D eigenvalue weighted by molar-refractivity contribution is 5.81. The first kappa shape index (κ1) is 51.0. The van der Waals surface area contributed by atoms with Crippen LogP contribution in [-0.4, -0.2) is 103 Å². The zero-order chi connectivity index (χ0) is 49.1. The lowest BCUT2D eigenvalue weighted by molar-refractivity contribution is -0.137. The van der Waals surface area contributed by atoms with Crippen LogP contribution in [0.25, 0.3) is 44.3 Å². The van der Waals surface area contributed by atoms with Crippen molar-refractivity contribution >= 4 is 33.6 Å². The number of carbonyl (C=O) groups is 2. The predicted molar refractivity (Wildman–Crippen MR) is 261 cm³/mol. The number of nitrogens with one attached hydrogen (secondary N) is 2. The second kappa shape index (κ2) is 25.6. The monoisotopic (exact) mass is 943 g/mol. The number of hydrogen-bond acceptors (Lipinski definition) is 13. The SMILES string of the molecule is COCCCCCc1ncc(-c2cnn(C)c2)n(CC(=O)CCc2cc3cnccc3[nH]2)c1=O.COCCCCCc1ncc(-c2cnn(C)c2)n(CC(=O)O)c1=O.NCc1cc2cnccc2[nH]1. The molecule has 20 heteroatoms. The lowest BCUT2D eigenvalue weighted by Crippen LogP contribution is -2.29. The van der Waals surface area contributed by atoms with Crippen LogP contribution in [0, 0.1) is 0 Å². The van der Waals surface area contributed by atoms with Crippen LogP contribution in [0.15, 0.2) is 95.8 Å². The van der Waals surface area contributed by atoms with Crippen LogP contribution >= 0.6 is 0 Å². The fourth-order valence-corrected chi connectivity index (χ4v) is 7.69. The molecule has 8 heterocycles. The first-order valence-electron chi connectivity index (χ1n) is 22.9. The largest absolute Gasteiger partial charge is 0.480 e. The number of carboxylic acids is 1. The Kier molecular flexibility index (Phi) is 18.9. The van der Waals surface area contributed by atoms with E-state index in [0.29, 0.717) is 73.8 Å². The number of hydrogen-bond donors (Lipinski definition) is 4. The number of aryl methyl sites for hydroxylation is 5. The van der Waals surface area contributed by atoms with E-state index in [0.717, 1.165) is 77.3 Å². The molecule has 0 saturated carbocycles. The maximum Gasteiger partial charge on any atom is 0.323 e. The Bertz CT molecular complexity index is 2970. The van der Waals surface area contributed by atoms with Crippen molar-refractivity contribution in [1.29, 1.82) is 0 Å². The van der Waals surface area contributed by atoms with Crippen LogP contribution in [0.4, 0.5) is 0 Å². The van der Waals surface area contributed by atoms with Gasteiger partial charge < -0.3 is 30.3 Å². The minimum Gasteiger partial charge on any atom is -0.480 e. The molecule has 0 amide bonds. The van der Waals surface area contributed by atoms with E-state index in [1.807, 2.05) is 43.7 Å². The average molecular weight is 944 g/mol. The molecule has 0 saturated heterocycles. The quantitative estimate of drug-likeness (QED) is 0.0638. The van der Waals surface area contributed by atoms with Crippen LogP contribution < -0.4 is 16.9 Å². The molecule has 69 heavy (non-hydrogen) atoms. The third-order valence-electron chi connectivity index (χ3n) is 11.3. The Morgan fingerprint density at radius 1 is 0.652 bits per heavy atom. The zero-order valence-corrected chi connectivity index (χ0v) is 39.6. The van der Waals surface area contributed by atoms with Gasteiger partial charge in [-0.2, -0.15) is 10.2 Å². The summed E-state index contributed by atoms with van der Waals surface area (Å²) in [5.41, 5.74) is 12.4. The molecule has 0 spiro atoms. The van der Waals surface area contributed by atoms with Crippen LogP contribution in [0.2, 0.25) is 0 Å². The van der Waals surface area contributed by atoms with E-state index in [-0.39, 0.29) is 23.4 Å². The van der Waals surface area contributed by atoms with Crippen molar-refractivity contribution in [3.8, 4) is 22.5 Å². The van der Waals surface area contributed by atoms with Gasteiger partial charge in [0.05, 0.1) is 42.7 Å². The standard InChI is InChI=1S/C25H30N6O3.C16H22N4O4.C8H9N3/c1-30-16-19(14-28-30)24-15-27-23(6-4-3-5-11-34-2)25(33)31(24)17-21(32)8-7-20-12-18-13-26-10-9-22(18)29-20;1-19-10-12(8-18-19)14-9-17-13(6-4-3-5-7-24-2)16(23)20(14)11-15(21)22;9-4-7-3-6-5-10-2-1-8(6)11-7/h9-10,12-16,29H,3-8,11,17H2,1-2H3;8-10H,3-7,11H2,1-2H3,(H,21,22);1-3,5,11H,4,9H2. The summed E-state index contributed by atoms with van der Waals surface area (Å²) in [6.45, 7) is 1.55. The number of aromatic nitrogens is 12. The zero-order valence-electron chi connectivity index (χ0n) is 39.6. The molecule has 0 aromatic carbocycles. The molecule has 0 fully saturated rings. The van der Waals surface area contributed by atoms with Crippen LogP contribution in [-0.2, 0) is 72.1 Å². The molecule has 5 N–H and O–H groups in total. The van der Waals surface area contributed by atoms with Crippen molar-refractivity contribution in [1.82, 2.24) is 58.6 Å². The molecule has 0 radical (unpaired) electrons. The van der Waals surface area contributed by atoms with Gasteiger partial charge in [-0.05, 0) is 69.2 Å². The van der Waals surface area contributed by atoms with Gasteiger partial charge in [0.15, 0.2) is 5.78 Å². The number of rotatable bonds is 22. The van der Waals surface area contributed by atoms with Gasteiger partial charge in [-0.15, -0.1) is 0 Å². The fraction of sp³-hybridized carbons (Fsp3) is 0.388. The molecular weight excluding hydrogens is 883 g/mol. The van der Waals surface area contributed by atoms with E-state index in [1.54, 1.807) is 84.8 Å². The highest BCUT2D eigenvalue weighted by atomic mass is 16.5. The van der Waals surface area contributed by atoms with E-state index < -0.39 is 12.5 Å². The van der Waals surface area contributed by atoms with Gasteiger partial charge >= 0.3 is 5.97 Å². The topological polar surface area (TPSA) is 262 Å². The van der Waals surface area contributed by atoms with Crippen molar-refractivity contribution < 1.29 is 24.2 Å². The highest BCUT2D eigenvalue weighted by Crippen LogP contribution is 2.20. The van der Waals surface area contributed by atoms with Crippen LogP contribution in [0.3, 0.4) is 0 Å². The third kappa shape index (κ3) is 14.5. The number of carbonyl (C=O) groups excluding carboxylic acids is 1. The summed E-state index contributed by atoms with van der Waals surface area (Å²) >= 11 is 0. The number of fused-ring (bicyclic) bond motifs is 2. The van der Waals surface area contributed by atoms with Crippen LogP contribution in [0.5, 0.6) is 0 Å². The number of Topliss-reactive ketones (excluding diaryl/α,β-unsaturated/α-hetero) is 1. The highest BCUT2D eigenvalue weighted by Gasteiger charge is 2.18. The summed E-state index contributed by atoms with van der Waals surface area (Å²) in [5.74, 6) is -1.08. The van der Waals surface area contributed by atoms with Gasteiger partial charge in [0.1, 0.15) is 17.9 Å². The molecule has 8 rings (SSSR count). The smallest absolute Gasteiger partial charge is 0.323 e. The number of aromatic amines is 2. The molecule has 0 bridgehead atoms. The van der Waals surface area contributed by atoms with Gasteiger partial charge in [-0.25, -0.2) is 0 Å². The maximum atomic E-state index is 13.3. The van der Waals surface area contributed by atoms with Gasteiger partial charge in [0.25, 0.3) is 11.1 Å². The molecule has 0 atom stereocenters. The summed E-state index contributed by atoms with van der Waals surface area (Å²) in [4.78, 5) is 73.3. The van der Waals surface area contributed by atoms with E-state index in [1.165, 1.54) is 4.57 Å². The lowest BCUT2D eigenvalue weighted by atomic mass is 10.1. The Labute approximate surface area is 398 Å². The van der Waals surface area contributed by atoms with Crippen molar-refractivity contribution in [2.45, 2.75) is 83.8 Å². The maximum absolute atomic E-state index is 13.3. The number of nitrogens with zero attached hydrogens (tertiary/aromatic N) is 10. The molecule has 8 aromatic heterocycles. The number of ketones is 1. The number of nitrogens with two attached hydrogens (primary N) is 1. The average Bonchev–Trinajstić information content (AvgIpc) is 4.17. The van der Waals surface area contributed by atoms with Gasteiger partial charge in [-0.1, -0.05) is 12.8 Å². The first-order chi connectivity index (χ1) is 33.5. The molecule has 20 nitrogen and oxygen atoms in total. The minimum absolute atomic E-state index is 0.00401. The lowest BCUT2D eigenvalue weighted by Gasteiger charge is -2.13. The number of unbranched alkanes of at least 4 members (excludes halogenated alkanes) is 4. The summed E-state index contributed by atoms with van der Waals surface area (Å²) in [5, 5.41) is 19.5. The van der Waals surface area contributed by atoms with E-state index in [4.69, 9.17) is 20.3 Å². The number of aliphatic carboxylic acids is 1. The normalized spacial score (nSPS) is 11.1. The van der Waals surface area contributed by atoms with Gasteiger partial charge in [0, 0.05) is 136 Å². The third-order valence-corrected chi connectivity index (χ3v) is 11.3. The Morgan fingerprint density at radius 2 is 1.14 bits per heavy atom. The van der Waals surface area contributed by atoms with Gasteiger partial charge in [0.2, 0.25) is 0 Å². The fourth-order valence-electron chi connectivity index (χ4n) is 7.69. The molecule has 0 aliphatic rings. The summed E-state index contributed by atoms with van der Waals surface area (Å²) in [7, 11) is 6.91. The summed E-state index contributed by atoms with van der Waals surface area (Å²) in [6.07, 6.45) is 24.6.